The fourth-order valence-corrected chi connectivity index (χ4v) is 6.28. The van der Waals surface area contributed by atoms with Gasteiger partial charge in [-0.2, -0.15) is 0 Å². The zero-order chi connectivity index (χ0) is 32.5. The number of ether oxygens (including phenoxy) is 1. The van der Waals surface area contributed by atoms with Gasteiger partial charge in [0.05, 0.1) is 44.4 Å². The lowest BCUT2D eigenvalue weighted by Gasteiger charge is -2.34. The van der Waals surface area contributed by atoms with Crippen molar-refractivity contribution in [3.8, 4) is 0 Å². The maximum Gasteiger partial charge on any atom is 0.408 e. The van der Waals surface area contributed by atoms with Crippen LogP contribution in [-0.2, 0) is 4.74 Å². The molecule has 0 atom stereocenters. The summed E-state index contributed by atoms with van der Waals surface area (Å²) in [5.41, 5.74) is 3.07. The zero-order valence-electron chi connectivity index (χ0n) is 27.4. The van der Waals surface area contributed by atoms with Gasteiger partial charge in [-0.1, -0.05) is 72.8 Å². The van der Waals surface area contributed by atoms with Crippen LogP contribution in [0.2, 0.25) is 0 Å². The molecule has 2 heterocycles. The van der Waals surface area contributed by atoms with E-state index in [-0.39, 0.29) is 30.1 Å². The maximum absolute atomic E-state index is 12.9. The molecule has 0 saturated carbocycles. The van der Waals surface area contributed by atoms with E-state index < -0.39 is 0 Å². The summed E-state index contributed by atoms with van der Waals surface area (Å²) in [7, 11) is 6.58. The number of fused-ring (bicyclic) bond motifs is 1. The molecule has 0 spiro atoms. The van der Waals surface area contributed by atoms with Gasteiger partial charge in [-0.3, -0.25) is 19.4 Å². The molecule has 0 radical (unpaired) electrons. The molecule has 1 fully saturated rings. The Balaban J connectivity index is 0.974. The van der Waals surface area contributed by atoms with Crippen LogP contribution in [-0.4, -0.2) is 117 Å². The monoisotopic (exact) mass is 626 g/mol. The van der Waals surface area contributed by atoms with Gasteiger partial charge < -0.3 is 19.4 Å². The van der Waals surface area contributed by atoms with Gasteiger partial charge in [0.2, 0.25) is 0 Å². The number of nitrogens with zero attached hydrogens (tertiary/aromatic N) is 4. The third kappa shape index (κ3) is 8.81. The molecule has 2 aliphatic heterocycles. The first-order valence-corrected chi connectivity index (χ1v) is 16.5. The van der Waals surface area contributed by atoms with Crippen molar-refractivity contribution in [3.63, 3.8) is 0 Å². The third-order valence-electron chi connectivity index (χ3n) is 9.24. The van der Waals surface area contributed by atoms with Gasteiger partial charge >= 0.3 is 6.09 Å². The fraction of sp³-hybridized carbons (Fsp3) is 0.432. The summed E-state index contributed by atoms with van der Waals surface area (Å²) in [5, 5.41) is 3.09. The van der Waals surface area contributed by atoms with Gasteiger partial charge in [0.1, 0.15) is 6.10 Å². The van der Waals surface area contributed by atoms with Gasteiger partial charge in [0, 0.05) is 45.7 Å². The molecule has 46 heavy (non-hydrogen) atoms. The minimum Gasteiger partial charge on any atom is -0.446 e. The van der Waals surface area contributed by atoms with E-state index in [9.17, 15) is 14.4 Å². The number of hydrogen-bond donors (Lipinski definition) is 1. The summed E-state index contributed by atoms with van der Waals surface area (Å²) in [6.07, 6.45) is 1.97. The number of likely N-dealkylation sites (N-methyl/N-ethyl adjacent to an activating group) is 2. The Kier molecular flexibility index (Phi) is 11.2. The van der Waals surface area contributed by atoms with Gasteiger partial charge in [-0.25, -0.2) is 4.79 Å². The highest BCUT2D eigenvalue weighted by atomic mass is 16.6. The van der Waals surface area contributed by atoms with Crippen LogP contribution in [0.3, 0.4) is 0 Å². The largest absolute Gasteiger partial charge is 0.446 e. The molecule has 0 aliphatic carbocycles. The molecule has 5 rings (SSSR count). The lowest BCUT2D eigenvalue weighted by atomic mass is 9.99. The predicted octanol–water partition coefficient (Wildman–Crippen LogP) is 4.66. The average Bonchev–Trinajstić information content (AvgIpc) is 3.31. The summed E-state index contributed by atoms with van der Waals surface area (Å²) in [6.45, 7) is 7.05. The van der Waals surface area contributed by atoms with Crippen LogP contribution in [0.15, 0.2) is 84.9 Å². The van der Waals surface area contributed by atoms with Crippen LogP contribution >= 0.6 is 0 Å². The minimum absolute atomic E-state index is 0.0837. The van der Waals surface area contributed by atoms with Gasteiger partial charge in [-0.15, -0.1) is 0 Å². The number of carbonyl (C=O) groups is 3. The third-order valence-corrected chi connectivity index (χ3v) is 9.24. The number of rotatable bonds is 14. The van der Waals surface area contributed by atoms with Gasteiger partial charge in [0.15, 0.2) is 0 Å². The number of quaternary nitrogens is 1. The first kappa shape index (κ1) is 33.3. The van der Waals surface area contributed by atoms with E-state index in [1.54, 1.807) is 24.3 Å². The van der Waals surface area contributed by atoms with Crippen LogP contribution < -0.4 is 5.32 Å². The van der Waals surface area contributed by atoms with Crippen LogP contribution in [0.25, 0.3) is 0 Å². The zero-order valence-corrected chi connectivity index (χ0v) is 27.4. The molecule has 244 valence electrons. The number of benzene rings is 3. The Hall–Kier alpha value is -4.05. The van der Waals surface area contributed by atoms with Crippen LogP contribution in [0, 0.1) is 0 Å². The summed E-state index contributed by atoms with van der Waals surface area (Å²) >= 11 is 0. The van der Waals surface area contributed by atoms with Crippen molar-refractivity contribution in [2.45, 2.75) is 31.4 Å². The first-order chi connectivity index (χ1) is 22.2. The molecule has 2 aliphatic rings. The number of piperidine rings is 1. The molecular weight excluding hydrogens is 578 g/mol. The highest BCUT2D eigenvalue weighted by Gasteiger charge is 2.35. The Morgan fingerprint density at radius 2 is 1.37 bits per heavy atom. The Labute approximate surface area is 273 Å². The maximum atomic E-state index is 12.9. The van der Waals surface area contributed by atoms with Crippen LogP contribution in [0.1, 0.15) is 57.1 Å². The number of amides is 3. The summed E-state index contributed by atoms with van der Waals surface area (Å²) in [5.74, 6) is -0.353. The highest BCUT2D eigenvalue weighted by molar-refractivity contribution is 6.21. The second kappa shape index (κ2) is 15.5. The molecule has 9 heteroatoms. The van der Waals surface area contributed by atoms with Crippen molar-refractivity contribution < 1.29 is 23.6 Å². The number of nitrogens with one attached hydrogen (secondary N) is 1. The van der Waals surface area contributed by atoms with E-state index in [0.717, 1.165) is 80.7 Å². The van der Waals surface area contributed by atoms with E-state index in [1.165, 1.54) is 4.90 Å². The lowest BCUT2D eigenvalue weighted by Crippen LogP contribution is -2.47. The van der Waals surface area contributed by atoms with Crippen LogP contribution in [0.4, 0.5) is 4.79 Å². The highest BCUT2D eigenvalue weighted by Crippen LogP contribution is 2.24. The number of hydrogen-bond acceptors (Lipinski definition) is 6. The Morgan fingerprint density at radius 3 is 1.93 bits per heavy atom. The SMILES string of the molecule is CN(CCN1CCC(OC(=O)NC(c2ccccc2)c2ccccc2)CC1)CC[N+](C)(C)CCCN1C(=O)c2ccccc2C1=O. The number of likely N-dealkylation sites (tertiary alicyclic amines) is 1. The second-order valence-electron chi connectivity index (χ2n) is 13.2. The molecule has 3 aromatic carbocycles. The van der Waals surface area contributed by atoms with Crippen molar-refractivity contribution >= 4 is 17.9 Å². The Bertz CT molecular complexity index is 1380. The topological polar surface area (TPSA) is 82.2 Å². The standard InChI is InChI=1S/C37H47N5O4/c1-39(26-28-42(2,3)27-12-21-41-35(43)32-17-10-11-18-33(32)36(41)44)24-25-40-22-19-31(20-23-40)46-37(45)38-34(29-13-6-4-7-14-29)30-15-8-5-9-16-30/h4-11,13-18,31,34H,12,19-28H2,1-3H3/p+1. The van der Waals surface area contributed by atoms with Crippen molar-refractivity contribution in [2.75, 3.05) is 73.5 Å². The normalized spacial score (nSPS) is 15.9. The summed E-state index contributed by atoms with van der Waals surface area (Å²) in [4.78, 5) is 44.4. The average molecular weight is 627 g/mol. The summed E-state index contributed by atoms with van der Waals surface area (Å²) < 4.78 is 6.71. The van der Waals surface area contributed by atoms with Crippen molar-refractivity contribution in [1.29, 1.82) is 0 Å². The minimum atomic E-state index is -0.375. The number of carbonyl (C=O) groups excluding carboxylic acids is 3. The molecule has 0 aromatic heterocycles. The van der Waals surface area contributed by atoms with Crippen molar-refractivity contribution in [1.82, 2.24) is 20.0 Å². The molecule has 3 amide bonds. The molecule has 1 saturated heterocycles. The molecule has 9 nitrogen and oxygen atoms in total. The van der Waals surface area contributed by atoms with E-state index >= 15 is 0 Å². The number of imide groups is 1. The lowest BCUT2D eigenvalue weighted by molar-refractivity contribution is -0.889. The summed E-state index contributed by atoms with van der Waals surface area (Å²) in [6, 6.07) is 26.8. The first-order valence-electron chi connectivity index (χ1n) is 16.5. The van der Waals surface area contributed by atoms with E-state index in [0.29, 0.717) is 17.7 Å². The van der Waals surface area contributed by atoms with Crippen molar-refractivity contribution in [2.24, 2.45) is 0 Å². The van der Waals surface area contributed by atoms with E-state index in [4.69, 9.17) is 4.74 Å². The molecule has 1 N–H and O–H groups in total. The van der Waals surface area contributed by atoms with Crippen molar-refractivity contribution in [3.05, 3.63) is 107 Å². The van der Waals surface area contributed by atoms with Crippen LogP contribution in [0.5, 0.6) is 0 Å². The number of alkyl carbamates (subject to hydrolysis) is 1. The molecule has 0 bridgehead atoms. The predicted molar refractivity (Wildman–Crippen MR) is 180 cm³/mol. The smallest absolute Gasteiger partial charge is 0.408 e. The van der Waals surface area contributed by atoms with E-state index in [2.05, 4.69) is 36.3 Å². The fourth-order valence-electron chi connectivity index (χ4n) is 6.28. The molecular formula is C37H48N5O4+. The van der Waals surface area contributed by atoms with E-state index in [1.807, 2.05) is 60.7 Å². The molecule has 3 aromatic rings. The second-order valence-corrected chi connectivity index (χ2v) is 13.2. The quantitative estimate of drug-likeness (QED) is 0.207. The van der Waals surface area contributed by atoms with Gasteiger partial charge in [-0.05, 0) is 43.1 Å². The van der Waals surface area contributed by atoms with Gasteiger partial charge in [0.25, 0.3) is 11.8 Å². The molecule has 0 unspecified atom stereocenters. The Morgan fingerprint density at radius 1 is 0.826 bits per heavy atom.